The number of carbonyl (C=O) groups excluding carboxylic acids is 1. The van der Waals surface area contributed by atoms with Crippen molar-refractivity contribution in [2.45, 2.75) is 50.7 Å². The van der Waals surface area contributed by atoms with Gasteiger partial charge in [-0.3, -0.25) is 9.69 Å². The van der Waals surface area contributed by atoms with Crippen molar-refractivity contribution in [1.29, 1.82) is 0 Å². The van der Waals surface area contributed by atoms with E-state index in [1.165, 1.54) is 25.7 Å². The Bertz CT molecular complexity index is 336. The highest BCUT2D eigenvalue weighted by Crippen LogP contribution is 2.24. The van der Waals surface area contributed by atoms with Crippen molar-refractivity contribution in [1.82, 2.24) is 15.1 Å². The fourth-order valence-electron chi connectivity index (χ4n) is 3.85. The Balaban J connectivity index is 0.00000176. The van der Waals surface area contributed by atoms with E-state index in [4.69, 9.17) is 4.74 Å². The zero-order valence-electron chi connectivity index (χ0n) is 13.5. The Morgan fingerprint density at radius 1 is 1.00 bits per heavy atom. The first-order valence-corrected chi connectivity index (χ1v) is 8.67. The van der Waals surface area contributed by atoms with Crippen molar-refractivity contribution < 1.29 is 9.53 Å². The van der Waals surface area contributed by atoms with Crippen LogP contribution < -0.4 is 5.32 Å². The van der Waals surface area contributed by atoms with Gasteiger partial charge < -0.3 is 15.0 Å². The molecule has 2 heterocycles. The van der Waals surface area contributed by atoms with Crippen LogP contribution in [0, 0.1) is 0 Å². The number of halogens is 1. The molecule has 5 nitrogen and oxygen atoms in total. The number of nitrogens with zero attached hydrogens (tertiary/aromatic N) is 2. The first-order valence-electron chi connectivity index (χ1n) is 8.67. The molecule has 0 atom stereocenters. The number of amides is 1. The van der Waals surface area contributed by atoms with E-state index >= 15 is 0 Å². The second kappa shape index (κ2) is 9.06. The lowest BCUT2D eigenvalue weighted by Gasteiger charge is -2.38. The zero-order chi connectivity index (χ0) is 14.5. The summed E-state index contributed by atoms with van der Waals surface area (Å²) in [5, 5.41) is 3.32. The summed E-state index contributed by atoms with van der Waals surface area (Å²) in [7, 11) is 0. The third kappa shape index (κ3) is 4.82. The molecule has 2 aliphatic heterocycles. The standard InChI is InChI=1S/C16H29N3O2.ClH/c20-16(13-21-15-5-7-17-8-6-15)19-11-9-18(10-12-19)14-3-1-2-4-14;/h14-15,17H,1-13H2;1H. The summed E-state index contributed by atoms with van der Waals surface area (Å²) in [4.78, 5) is 16.8. The summed E-state index contributed by atoms with van der Waals surface area (Å²) in [5.41, 5.74) is 0. The maximum atomic E-state index is 12.2. The number of nitrogens with one attached hydrogen (secondary N) is 1. The van der Waals surface area contributed by atoms with Gasteiger partial charge in [-0.1, -0.05) is 12.8 Å². The van der Waals surface area contributed by atoms with E-state index in [0.29, 0.717) is 0 Å². The topological polar surface area (TPSA) is 44.8 Å². The Labute approximate surface area is 140 Å². The highest BCUT2D eigenvalue weighted by Gasteiger charge is 2.28. The summed E-state index contributed by atoms with van der Waals surface area (Å²) in [6.07, 6.45) is 7.81. The minimum absolute atomic E-state index is 0. The van der Waals surface area contributed by atoms with Gasteiger partial charge in [-0.15, -0.1) is 12.4 Å². The third-order valence-electron chi connectivity index (χ3n) is 5.24. The van der Waals surface area contributed by atoms with Crippen molar-refractivity contribution in [2.24, 2.45) is 0 Å². The van der Waals surface area contributed by atoms with Crippen LogP contribution in [-0.2, 0) is 9.53 Å². The van der Waals surface area contributed by atoms with Gasteiger partial charge in [0.25, 0.3) is 0 Å². The molecule has 0 radical (unpaired) electrons. The Hall–Kier alpha value is -0.360. The normalized spacial score (nSPS) is 25.2. The average molecular weight is 332 g/mol. The minimum atomic E-state index is 0. The third-order valence-corrected chi connectivity index (χ3v) is 5.24. The molecule has 0 spiro atoms. The number of carbonyl (C=O) groups is 1. The van der Waals surface area contributed by atoms with Gasteiger partial charge in [0.1, 0.15) is 6.61 Å². The quantitative estimate of drug-likeness (QED) is 0.842. The lowest BCUT2D eigenvalue weighted by atomic mass is 10.1. The minimum Gasteiger partial charge on any atom is -0.368 e. The molecule has 0 unspecified atom stereocenters. The lowest BCUT2D eigenvalue weighted by molar-refractivity contribution is -0.140. The molecule has 1 saturated carbocycles. The molecule has 22 heavy (non-hydrogen) atoms. The number of hydrogen-bond acceptors (Lipinski definition) is 4. The number of piperazine rings is 1. The van der Waals surface area contributed by atoms with Gasteiger partial charge >= 0.3 is 0 Å². The van der Waals surface area contributed by atoms with E-state index in [-0.39, 0.29) is 31.0 Å². The smallest absolute Gasteiger partial charge is 0.248 e. The second-order valence-electron chi connectivity index (χ2n) is 6.62. The van der Waals surface area contributed by atoms with Gasteiger partial charge in [0.15, 0.2) is 0 Å². The lowest BCUT2D eigenvalue weighted by Crippen LogP contribution is -2.52. The summed E-state index contributed by atoms with van der Waals surface area (Å²) in [6, 6.07) is 0.785. The Kier molecular flexibility index (Phi) is 7.41. The second-order valence-corrected chi connectivity index (χ2v) is 6.62. The first-order chi connectivity index (χ1) is 10.3. The van der Waals surface area contributed by atoms with E-state index in [1.54, 1.807) is 0 Å². The van der Waals surface area contributed by atoms with Crippen molar-refractivity contribution >= 4 is 18.3 Å². The summed E-state index contributed by atoms with van der Waals surface area (Å²) >= 11 is 0. The van der Waals surface area contributed by atoms with E-state index in [1.807, 2.05) is 4.90 Å². The van der Waals surface area contributed by atoms with Crippen LogP contribution in [0.3, 0.4) is 0 Å². The van der Waals surface area contributed by atoms with Gasteiger partial charge in [-0.25, -0.2) is 0 Å². The van der Waals surface area contributed by atoms with Crippen LogP contribution >= 0.6 is 12.4 Å². The predicted octanol–water partition coefficient (Wildman–Crippen LogP) is 1.26. The van der Waals surface area contributed by atoms with Crippen LogP contribution in [0.5, 0.6) is 0 Å². The van der Waals surface area contributed by atoms with Crippen LogP contribution in [0.2, 0.25) is 0 Å². The molecule has 0 bridgehead atoms. The molecule has 3 aliphatic rings. The molecule has 1 N–H and O–H groups in total. The van der Waals surface area contributed by atoms with E-state index in [0.717, 1.165) is 58.2 Å². The van der Waals surface area contributed by atoms with Crippen LogP contribution in [-0.4, -0.2) is 73.7 Å². The molecule has 0 aromatic heterocycles. The summed E-state index contributed by atoms with van der Waals surface area (Å²) in [6.45, 7) is 6.15. The van der Waals surface area contributed by atoms with Crippen LogP contribution in [0.4, 0.5) is 0 Å². The average Bonchev–Trinajstić information content (AvgIpc) is 3.08. The molecule has 3 fully saturated rings. The van der Waals surface area contributed by atoms with Crippen LogP contribution in [0.1, 0.15) is 38.5 Å². The van der Waals surface area contributed by atoms with Gasteiger partial charge in [0.05, 0.1) is 6.10 Å². The van der Waals surface area contributed by atoms with Gasteiger partial charge in [-0.05, 0) is 38.8 Å². The molecule has 1 aliphatic carbocycles. The Morgan fingerprint density at radius 2 is 1.64 bits per heavy atom. The molecule has 0 aromatic carbocycles. The van der Waals surface area contributed by atoms with Crippen LogP contribution in [0.15, 0.2) is 0 Å². The highest BCUT2D eigenvalue weighted by molar-refractivity contribution is 5.85. The predicted molar refractivity (Wildman–Crippen MR) is 89.5 cm³/mol. The van der Waals surface area contributed by atoms with Crippen molar-refractivity contribution in [3.63, 3.8) is 0 Å². The maximum absolute atomic E-state index is 12.2. The molecule has 6 heteroatoms. The Morgan fingerprint density at radius 3 is 2.27 bits per heavy atom. The maximum Gasteiger partial charge on any atom is 0.248 e. The SMILES string of the molecule is Cl.O=C(COC1CCNCC1)N1CCN(C2CCCC2)CC1. The number of piperidine rings is 1. The highest BCUT2D eigenvalue weighted by atomic mass is 35.5. The molecular weight excluding hydrogens is 302 g/mol. The summed E-state index contributed by atoms with van der Waals surface area (Å²) in [5.74, 6) is 0.180. The molecule has 128 valence electrons. The monoisotopic (exact) mass is 331 g/mol. The van der Waals surface area contributed by atoms with Gasteiger partial charge in [0.2, 0.25) is 5.91 Å². The van der Waals surface area contributed by atoms with Gasteiger partial charge in [0, 0.05) is 32.2 Å². The van der Waals surface area contributed by atoms with Gasteiger partial charge in [-0.2, -0.15) is 0 Å². The summed E-state index contributed by atoms with van der Waals surface area (Å²) < 4.78 is 5.78. The number of rotatable bonds is 4. The molecular formula is C16H30ClN3O2. The molecule has 0 aromatic rings. The van der Waals surface area contributed by atoms with Crippen LogP contribution in [0.25, 0.3) is 0 Å². The van der Waals surface area contributed by atoms with Crippen molar-refractivity contribution in [3.05, 3.63) is 0 Å². The molecule has 2 saturated heterocycles. The van der Waals surface area contributed by atoms with E-state index in [2.05, 4.69) is 10.2 Å². The molecule has 1 amide bonds. The van der Waals surface area contributed by atoms with Crippen molar-refractivity contribution in [2.75, 3.05) is 45.9 Å². The number of hydrogen-bond donors (Lipinski definition) is 1. The fraction of sp³-hybridized carbons (Fsp3) is 0.938. The number of ether oxygens (including phenoxy) is 1. The fourth-order valence-corrected chi connectivity index (χ4v) is 3.85. The first kappa shape index (κ1) is 18.0. The van der Waals surface area contributed by atoms with E-state index in [9.17, 15) is 4.79 Å². The largest absolute Gasteiger partial charge is 0.368 e. The van der Waals surface area contributed by atoms with E-state index < -0.39 is 0 Å². The van der Waals surface area contributed by atoms with Crippen molar-refractivity contribution in [3.8, 4) is 0 Å². The zero-order valence-corrected chi connectivity index (χ0v) is 14.3. The molecule has 3 rings (SSSR count).